The van der Waals surface area contributed by atoms with E-state index in [4.69, 9.17) is 4.74 Å². The molecule has 6 nitrogen and oxygen atoms in total. The van der Waals surface area contributed by atoms with E-state index in [1.807, 2.05) is 53.4 Å². The van der Waals surface area contributed by atoms with Crippen LogP contribution < -0.4 is 15.0 Å². The van der Waals surface area contributed by atoms with Crippen LogP contribution in [-0.2, 0) is 4.79 Å². The maximum absolute atomic E-state index is 12.8. The number of nitrogens with one attached hydrogen (secondary N) is 1. The van der Waals surface area contributed by atoms with Crippen LogP contribution in [0.15, 0.2) is 54.7 Å². The number of methoxy groups -OCH3 is 1. The zero-order valence-electron chi connectivity index (χ0n) is 14.6. The van der Waals surface area contributed by atoms with Crippen LogP contribution in [0, 0.1) is 0 Å². The Morgan fingerprint density at radius 1 is 1.15 bits per heavy atom. The van der Waals surface area contributed by atoms with Crippen molar-refractivity contribution in [2.24, 2.45) is 0 Å². The van der Waals surface area contributed by atoms with Gasteiger partial charge in [0.25, 0.3) is 0 Å². The first-order chi connectivity index (χ1) is 12.7. The number of nitrogens with zero attached hydrogens (tertiary/aromatic N) is 3. The Labute approximate surface area is 151 Å². The third kappa shape index (κ3) is 3.18. The summed E-state index contributed by atoms with van der Waals surface area (Å²) >= 11 is 0. The van der Waals surface area contributed by atoms with Gasteiger partial charge in [0, 0.05) is 12.2 Å². The highest BCUT2D eigenvalue weighted by molar-refractivity contribution is 5.97. The van der Waals surface area contributed by atoms with Crippen LogP contribution in [0.2, 0.25) is 0 Å². The molecule has 0 aliphatic carbocycles. The van der Waals surface area contributed by atoms with Crippen LogP contribution in [0.25, 0.3) is 11.0 Å². The summed E-state index contributed by atoms with van der Waals surface area (Å²) in [6.45, 7) is 0.799. The minimum atomic E-state index is -0.243. The molecule has 1 atom stereocenters. The largest absolute Gasteiger partial charge is 0.497 e. The van der Waals surface area contributed by atoms with Crippen molar-refractivity contribution >= 4 is 28.4 Å². The molecule has 0 radical (unpaired) electrons. The van der Waals surface area contributed by atoms with Gasteiger partial charge >= 0.3 is 0 Å². The molecule has 2 aromatic carbocycles. The lowest BCUT2D eigenvalue weighted by molar-refractivity contribution is -0.117. The fourth-order valence-electron chi connectivity index (χ4n) is 3.30. The Hall–Kier alpha value is -3.15. The van der Waals surface area contributed by atoms with Crippen molar-refractivity contribution in [2.45, 2.75) is 18.9 Å². The average molecular weight is 348 g/mol. The second-order valence-electron chi connectivity index (χ2n) is 6.29. The zero-order chi connectivity index (χ0) is 17.9. The number of aromatic nitrogens is 2. The normalized spacial score (nSPS) is 16.7. The summed E-state index contributed by atoms with van der Waals surface area (Å²) in [6.07, 6.45) is 3.51. The van der Waals surface area contributed by atoms with E-state index in [2.05, 4.69) is 15.3 Å². The fourth-order valence-corrected chi connectivity index (χ4v) is 3.30. The Kier molecular flexibility index (Phi) is 4.39. The van der Waals surface area contributed by atoms with E-state index in [1.165, 1.54) is 0 Å². The molecule has 1 aliphatic rings. The van der Waals surface area contributed by atoms with Gasteiger partial charge in [0.15, 0.2) is 0 Å². The standard InChI is InChI=1S/C20H20N4O2/c1-26-15-10-8-14(9-11-15)22-20(25)18-7-4-12-24(18)19-13-21-16-5-2-3-6-17(16)23-19/h2-3,5-6,8-11,13,18H,4,7,12H2,1H3,(H,22,25)/t18-/m0/s1. The summed E-state index contributed by atoms with van der Waals surface area (Å²) in [5, 5.41) is 2.99. The van der Waals surface area contributed by atoms with Crippen LogP contribution in [0.3, 0.4) is 0 Å². The zero-order valence-corrected chi connectivity index (χ0v) is 14.6. The number of rotatable bonds is 4. The summed E-state index contributed by atoms with van der Waals surface area (Å²) in [7, 11) is 1.62. The molecule has 26 heavy (non-hydrogen) atoms. The maximum atomic E-state index is 12.8. The van der Waals surface area contributed by atoms with Gasteiger partial charge in [0.05, 0.1) is 24.3 Å². The smallest absolute Gasteiger partial charge is 0.247 e. The predicted molar refractivity (Wildman–Crippen MR) is 102 cm³/mol. The van der Waals surface area contributed by atoms with E-state index in [0.29, 0.717) is 0 Å². The number of para-hydroxylation sites is 2. The van der Waals surface area contributed by atoms with Crippen molar-refractivity contribution in [3.63, 3.8) is 0 Å². The molecule has 1 saturated heterocycles. The Morgan fingerprint density at radius 3 is 2.69 bits per heavy atom. The Balaban J connectivity index is 1.53. The van der Waals surface area contributed by atoms with Gasteiger partial charge in [-0.05, 0) is 49.2 Å². The molecule has 1 N–H and O–H groups in total. The summed E-state index contributed by atoms with van der Waals surface area (Å²) < 4.78 is 5.15. The lowest BCUT2D eigenvalue weighted by atomic mass is 10.2. The molecule has 0 spiro atoms. The van der Waals surface area contributed by atoms with Crippen LogP contribution in [0.4, 0.5) is 11.5 Å². The fraction of sp³-hybridized carbons (Fsp3) is 0.250. The summed E-state index contributed by atoms with van der Waals surface area (Å²) in [4.78, 5) is 24.0. The van der Waals surface area contributed by atoms with Crippen molar-refractivity contribution < 1.29 is 9.53 Å². The van der Waals surface area contributed by atoms with Crippen LogP contribution in [0.1, 0.15) is 12.8 Å². The number of hydrogen-bond acceptors (Lipinski definition) is 5. The lowest BCUT2D eigenvalue weighted by Crippen LogP contribution is -2.40. The average Bonchev–Trinajstić information content (AvgIpc) is 3.18. The molecule has 1 aromatic heterocycles. The van der Waals surface area contributed by atoms with Crippen molar-refractivity contribution in [1.29, 1.82) is 0 Å². The first kappa shape index (κ1) is 16.3. The van der Waals surface area contributed by atoms with Crippen LogP contribution in [0.5, 0.6) is 5.75 Å². The van der Waals surface area contributed by atoms with Crippen molar-refractivity contribution in [3.8, 4) is 5.75 Å². The maximum Gasteiger partial charge on any atom is 0.247 e. The number of anilines is 2. The lowest BCUT2D eigenvalue weighted by Gasteiger charge is -2.24. The number of fused-ring (bicyclic) bond motifs is 1. The molecule has 132 valence electrons. The SMILES string of the molecule is COc1ccc(NC(=O)[C@@H]2CCCN2c2cnc3ccccc3n2)cc1. The van der Waals surface area contributed by atoms with E-state index in [9.17, 15) is 4.79 Å². The van der Waals surface area contributed by atoms with Gasteiger partial charge < -0.3 is 15.0 Å². The molecule has 0 unspecified atom stereocenters. The molecule has 1 amide bonds. The number of carbonyl (C=O) groups is 1. The number of benzene rings is 2. The molecule has 6 heteroatoms. The summed E-state index contributed by atoms with van der Waals surface area (Å²) in [6, 6.07) is 14.9. The Morgan fingerprint density at radius 2 is 1.92 bits per heavy atom. The highest BCUT2D eigenvalue weighted by Crippen LogP contribution is 2.26. The monoisotopic (exact) mass is 348 g/mol. The summed E-state index contributed by atoms with van der Waals surface area (Å²) in [5.74, 6) is 1.48. The second-order valence-corrected chi connectivity index (χ2v) is 6.29. The van der Waals surface area contributed by atoms with Crippen molar-refractivity contribution in [1.82, 2.24) is 9.97 Å². The van der Waals surface area contributed by atoms with Gasteiger partial charge in [0.2, 0.25) is 5.91 Å². The molecular weight excluding hydrogens is 328 g/mol. The van der Waals surface area contributed by atoms with E-state index in [0.717, 1.165) is 47.7 Å². The molecule has 3 aromatic rings. The molecule has 1 fully saturated rings. The van der Waals surface area contributed by atoms with E-state index < -0.39 is 0 Å². The molecule has 0 saturated carbocycles. The van der Waals surface area contributed by atoms with E-state index in [1.54, 1.807) is 13.3 Å². The third-order valence-corrected chi connectivity index (χ3v) is 4.64. The molecule has 2 heterocycles. The minimum Gasteiger partial charge on any atom is -0.497 e. The number of carbonyl (C=O) groups excluding carboxylic acids is 1. The molecule has 4 rings (SSSR count). The van der Waals surface area contributed by atoms with Gasteiger partial charge in [0.1, 0.15) is 17.6 Å². The van der Waals surface area contributed by atoms with E-state index in [-0.39, 0.29) is 11.9 Å². The quantitative estimate of drug-likeness (QED) is 0.784. The van der Waals surface area contributed by atoms with Gasteiger partial charge in [-0.25, -0.2) is 4.98 Å². The van der Waals surface area contributed by atoms with Gasteiger partial charge in [-0.15, -0.1) is 0 Å². The van der Waals surface area contributed by atoms with Crippen molar-refractivity contribution in [3.05, 3.63) is 54.7 Å². The number of hydrogen-bond donors (Lipinski definition) is 1. The minimum absolute atomic E-state index is 0.0253. The van der Waals surface area contributed by atoms with Crippen LogP contribution >= 0.6 is 0 Å². The number of ether oxygens (including phenoxy) is 1. The second kappa shape index (κ2) is 7.00. The predicted octanol–water partition coefficient (Wildman–Crippen LogP) is 3.25. The highest BCUT2D eigenvalue weighted by atomic mass is 16.5. The first-order valence-corrected chi connectivity index (χ1v) is 8.68. The van der Waals surface area contributed by atoms with Crippen molar-refractivity contribution in [2.75, 3.05) is 23.9 Å². The van der Waals surface area contributed by atoms with Gasteiger partial charge in [-0.1, -0.05) is 12.1 Å². The van der Waals surface area contributed by atoms with Crippen LogP contribution in [-0.4, -0.2) is 35.6 Å². The molecular formula is C20H20N4O2. The van der Waals surface area contributed by atoms with E-state index >= 15 is 0 Å². The highest BCUT2D eigenvalue weighted by Gasteiger charge is 2.32. The number of amides is 1. The van der Waals surface area contributed by atoms with Gasteiger partial charge in [-0.2, -0.15) is 0 Å². The van der Waals surface area contributed by atoms with Gasteiger partial charge in [-0.3, -0.25) is 9.78 Å². The Bertz CT molecular complexity index is 927. The topological polar surface area (TPSA) is 67.3 Å². The molecule has 0 bridgehead atoms. The summed E-state index contributed by atoms with van der Waals surface area (Å²) in [5.41, 5.74) is 2.45. The third-order valence-electron chi connectivity index (χ3n) is 4.64. The molecule has 1 aliphatic heterocycles. The first-order valence-electron chi connectivity index (χ1n) is 8.68.